The highest BCUT2D eigenvalue weighted by molar-refractivity contribution is 5.88. The van der Waals surface area contributed by atoms with Crippen LogP contribution in [0.25, 0.3) is 10.8 Å². The van der Waals surface area contributed by atoms with Crippen molar-refractivity contribution in [2.45, 2.75) is 26.2 Å². The van der Waals surface area contributed by atoms with Gasteiger partial charge in [-0.15, -0.1) is 0 Å². The molecular weight excluding hydrogens is 294 g/mol. The Morgan fingerprint density at radius 2 is 1.79 bits per heavy atom. The molecular formula is C22H21NO. The lowest BCUT2D eigenvalue weighted by atomic mass is 9.92. The summed E-state index contributed by atoms with van der Waals surface area (Å²) in [6.45, 7) is 4.65. The summed E-state index contributed by atoms with van der Waals surface area (Å²) in [5.41, 5.74) is 3.46. The maximum atomic E-state index is 9.56. The van der Waals surface area contributed by atoms with Crippen LogP contribution in [0.1, 0.15) is 29.0 Å². The zero-order chi connectivity index (χ0) is 16.9. The average molecular weight is 315 g/mol. The first-order valence-electron chi connectivity index (χ1n) is 8.26. The smallest absolute Gasteiger partial charge is 0.127 e. The summed E-state index contributed by atoms with van der Waals surface area (Å²) < 4.78 is 5.99. The Hall–Kier alpha value is -2.79. The average Bonchev–Trinajstić information content (AvgIpc) is 2.61. The quantitative estimate of drug-likeness (QED) is 0.620. The van der Waals surface area contributed by atoms with E-state index in [9.17, 15) is 5.26 Å². The normalized spacial score (nSPS) is 11.9. The zero-order valence-corrected chi connectivity index (χ0v) is 14.1. The second-order valence-corrected chi connectivity index (χ2v) is 6.16. The number of hydrogen-bond acceptors (Lipinski definition) is 2. The van der Waals surface area contributed by atoms with E-state index < -0.39 is 0 Å². The van der Waals surface area contributed by atoms with Gasteiger partial charge in [-0.2, -0.15) is 5.26 Å². The van der Waals surface area contributed by atoms with Crippen molar-refractivity contribution in [1.82, 2.24) is 0 Å². The highest BCUT2D eigenvalue weighted by Crippen LogP contribution is 2.27. The van der Waals surface area contributed by atoms with Crippen LogP contribution in [0.4, 0.5) is 0 Å². The van der Waals surface area contributed by atoms with Crippen LogP contribution in [0.2, 0.25) is 0 Å². The van der Waals surface area contributed by atoms with Gasteiger partial charge in [-0.25, -0.2) is 0 Å². The van der Waals surface area contributed by atoms with Crippen molar-refractivity contribution in [2.24, 2.45) is 0 Å². The fourth-order valence-electron chi connectivity index (χ4n) is 3.03. The number of nitrogens with zero attached hydrogens (tertiary/aromatic N) is 1. The predicted octanol–water partition coefficient (Wildman–Crippen LogP) is 5.53. The standard InChI is InChI=1S/C22H21NO/c1-16-10-11-17(2)21(14-16)19(15-23)12-13-24-22-9-5-7-18-6-3-4-8-20(18)22/h3-11,14,19H,12-13H2,1-2H3. The molecule has 24 heavy (non-hydrogen) atoms. The monoisotopic (exact) mass is 315 g/mol. The van der Waals surface area contributed by atoms with Crippen LogP contribution < -0.4 is 4.74 Å². The fraction of sp³-hybridized carbons (Fsp3) is 0.227. The number of aryl methyl sites for hydroxylation is 2. The minimum atomic E-state index is -0.139. The topological polar surface area (TPSA) is 33.0 Å². The second kappa shape index (κ2) is 7.19. The van der Waals surface area contributed by atoms with Crippen molar-refractivity contribution in [3.05, 3.63) is 77.4 Å². The van der Waals surface area contributed by atoms with E-state index >= 15 is 0 Å². The molecule has 0 bridgehead atoms. The number of fused-ring (bicyclic) bond motifs is 1. The molecule has 1 atom stereocenters. The molecule has 0 spiro atoms. The minimum Gasteiger partial charge on any atom is -0.493 e. The summed E-state index contributed by atoms with van der Waals surface area (Å²) in [6, 6.07) is 23.0. The molecule has 1 unspecified atom stereocenters. The molecule has 2 nitrogen and oxygen atoms in total. The third kappa shape index (κ3) is 3.41. The SMILES string of the molecule is Cc1ccc(C)c(C(C#N)CCOc2cccc3ccccc23)c1. The molecule has 0 saturated carbocycles. The molecule has 120 valence electrons. The molecule has 0 aliphatic carbocycles. The van der Waals surface area contributed by atoms with Gasteiger partial charge in [0.1, 0.15) is 5.75 Å². The minimum absolute atomic E-state index is 0.139. The van der Waals surface area contributed by atoms with Gasteiger partial charge in [0.25, 0.3) is 0 Å². The second-order valence-electron chi connectivity index (χ2n) is 6.16. The molecule has 3 aromatic rings. The molecule has 0 N–H and O–H groups in total. The summed E-state index contributed by atoms with van der Waals surface area (Å²) in [5, 5.41) is 11.8. The first kappa shape index (κ1) is 16.1. The molecule has 0 heterocycles. The Morgan fingerprint density at radius 3 is 2.62 bits per heavy atom. The molecule has 0 radical (unpaired) electrons. The van der Waals surface area contributed by atoms with Gasteiger partial charge in [0, 0.05) is 11.8 Å². The third-order valence-electron chi connectivity index (χ3n) is 4.38. The van der Waals surface area contributed by atoms with Gasteiger partial charge < -0.3 is 4.74 Å². The summed E-state index contributed by atoms with van der Waals surface area (Å²) in [4.78, 5) is 0. The van der Waals surface area contributed by atoms with Crippen molar-refractivity contribution in [3.63, 3.8) is 0 Å². The van der Waals surface area contributed by atoms with E-state index in [2.05, 4.69) is 56.3 Å². The van der Waals surface area contributed by atoms with Crippen LogP contribution in [-0.2, 0) is 0 Å². The van der Waals surface area contributed by atoms with Gasteiger partial charge in [-0.05, 0) is 36.4 Å². The van der Waals surface area contributed by atoms with Gasteiger partial charge in [0.05, 0.1) is 18.6 Å². The van der Waals surface area contributed by atoms with Crippen LogP contribution in [0.3, 0.4) is 0 Å². The Kier molecular flexibility index (Phi) is 4.82. The molecule has 0 aliphatic rings. The molecule has 3 rings (SSSR count). The molecule has 3 aromatic carbocycles. The van der Waals surface area contributed by atoms with Crippen LogP contribution in [-0.4, -0.2) is 6.61 Å². The third-order valence-corrected chi connectivity index (χ3v) is 4.38. The number of rotatable bonds is 5. The number of nitriles is 1. The lowest BCUT2D eigenvalue weighted by Gasteiger charge is -2.15. The van der Waals surface area contributed by atoms with Crippen molar-refractivity contribution >= 4 is 10.8 Å². The van der Waals surface area contributed by atoms with Crippen molar-refractivity contribution < 1.29 is 4.74 Å². The van der Waals surface area contributed by atoms with Gasteiger partial charge in [-0.1, -0.05) is 60.2 Å². The predicted molar refractivity (Wildman–Crippen MR) is 98.3 cm³/mol. The van der Waals surface area contributed by atoms with Gasteiger partial charge in [-0.3, -0.25) is 0 Å². The lowest BCUT2D eigenvalue weighted by Crippen LogP contribution is -2.06. The van der Waals surface area contributed by atoms with E-state index in [1.165, 1.54) is 10.9 Å². The van der Waals surface area contributed by atoms with Crippen LogP contribution >= 0.6 is 0 Å². The summed E-state index contributed by atoms with van der Waals surface area (Å²) in [6.07, 6.45) is 0.685. The van der Waals surface area contributed by atoms with Crippen molar-refractivity contribution in [1.29, 1.82) is 5.26 Å². The maximum Gasteiger partial charge on any atom is 0.127 e. The Bertz CT molecular complexity index is 887. The lowest BCUT2D eigenvalue weighted by molar-refractivity contribution is 0.309. The number of ether oxygens (including phenoxy) is 1. The van der Waals surface area contributed by atoms with E-state index in [1.807, 2.05) is 24.3 Å². The molecule has 0 aromatic heterocycles. The Morgan fingerprint density at radius 1 is 1.00 bits per heavy atom. The highest BCUT2D eigenvalue weighted by Gasteiger charge is 2.14. The Labute approximate surface area is 143 Å². The van der Waals surface area contributed by atoms with E-state index in [0.717, 1.165) is 22.3 Å². The van der Waals surface area contributed by atoms with Gasteiger partial charge in [0.2, 0.25) is 0 Å². The van der Waals surface area contributed by atoms with Gasteiger partial charge >= 0.3 is 0 Å². The Balaban J connectivity index is 1.73. The summed E-state index contributed by atoms with van der Waals surface area (Å²) in [5.74, 6) is 0.741. The van der Waals surface area contributed by atoms with Crippen molar-refractivity contribution in [2.75, 3.05) is 6.61 Å². The molecule has 2 heteroatoms. The fourth-order valence-corrected chi connectivity index (χ4v) is 3.03. The molecule has 0 saturated heterocycles. The van der Waals surface area contributed by atoms with E-state index in [0.29, 0.717) is 13.0 Å². The van der Waals surface area contributed by atoms with Gasteiger partial charge in [0.15, 0.2) is 0 Å². The largest absolute Gasteiger partial charge is 0.493 e. The molecule has 0 fully saturated rings. The molecule has 0 amide bonds. The maximum absolute atomic E-state index is 9.56. The highest BCUT2D eigenvalue weighted by atomic mass is 16.5. The summed E-state index contributed by atoms with van der Waals surface area (Å²) in [7, 11) is 0. The van der Waals surface area contributed by atoms with Crippen LogP contribution in [0.5, 0.6) is 5.75 Å². The van der Waals surface area contributed by atoms with E-state index in [4.69, 9.17) is 4.74 Å². The summed E-state index contributed by atoms with van der Waals surface area (Å²) >= 11 is 0. The number of hydrogen-bond donors (Lipinski definition) is 0. The van der Waals surface area contributed by atoms with E-state index in [1.54, 1.807) is 0 Å². The number of benzene rings is 3. The van der Waals surface area contributed by atoms with Crippen LogP contribution in [0, 0.1) is 25.2 Å². The zero-order valence-electron chi connectivity index (χ0n) is 14.1. The first-order valence-corrected chi connectivity index (χ1v) is 8.26. The van der Waals surface area contributed by atoms with Crippen LogP contribution in [0.15, 0.2) is 60.7 Å². The first-order chi connectivity index (χ1) is 11.7. The molecule has 0 aliphatic heterocycles. The van der Waals surface area contributed by atoms with Crippen molar-refractivity contribution in [3.8, 4) is 11.8 Å². The van der Waals surface area contributed by atoms with E-state index in [-0.39, 0.29) is 5.92 Å².